The maximum Gasteiger partial charge on any atom is 0.311 e. The van der Waals surface area contributed by atoms with E-state index < -0.39 is 10.8 Å². The van der Waals surface area contributed by atoms with Crippen LogP contribution >= 0.6 is 39.5 Å². The smallest absolute Gasteiger partial charge is 0.311 e. The van der Waals surface area contributed by atoms with Gasteiger partial charge in [0.25, 0.3) is 5.91 Å². The van der Waals surface area contributed by atoms with E-state index in [1.165, 1.54) is 23.5 Å². The van der Waals surface area contributed by atoms with E-state index >= 15 is 0 Å². The van der Waals surface area contributed by atoms with E-state index in [2.05, 4.69) is 31.5 Å². The molecule has 3 rings (SSSR count). The summed E-state index contributed by atoms with van der Waals surface area (Å²) in [5, 5.41) is 19.0. The number of carbonyl (C=O) groups excluding carboxylic acids is 1. The number of benzene rings is 2. The molecule has 0 unspecified atom stereocenters. The molecule has 3 aromatic rings. The van der Waals surface area contributed by atoms with Gasteiger partial charge in [-0.05, 0) is 43.4 Å². The van der Waals surface area contributed by atoms with Crippen LogP contribution in [0.1, 0.15) is 17.3 Å². The molecule has 0 radical (unpaired) electrons. The third kappa shape index (κ3) is 5.38. The third-order valence-electron chi connectivity index (χ3n) is 3.81. The summed E-state index contributed by atoms with van der Waals surface area (Å²) in [5.41, 5.74) is 1.51. The second-order valence-corrected chi connectivity index (χ2v) is 8.01. The van der Waals surface area contributed by atoms with Crippen LogP contribution in [0.3, 0.4) is 0 Å². The van der Waals surface area contributed by atoms with Gasteiger partial charge in [0.2, 0.25) is 0 Å². The molecule has 2 aromatic carbocycles. The van der Waals surface area contributed by atoms with Crippen molar-refractivity contribution in [3.8, 4) is 17.0 Å². The highest BCUT2D eigenvalue weighted by atomic mass is 79.9. The van der Waals surface area contributed by atoms with Gasteiger partial charge in [0.1, 0.15) is 0 Å². The highest BCUT2D eigenvalue weighted by Gasteiger charge is 2.19. The first kappa shape index (κ1) is 21.8. The number of thiocarbonyl (C=S) groups is 1. The number of halogens is 1. The normalized spacial score (nSPS) is 10.3. The van der Waals surface area contributed by atoms with E-state index in [0.29, 0.717) is 5.13 Å². The Bertz CT molecular complexity index is 1100. The fourth-order valence-corrected chi connectivity index (χ4v) is 3.71. The first-order valence-electron chi connectivity index (χ1n) is 8.62. The molecule has 2 N–H and O–H groups in total. The molecule has 30 heavy (non-hydrogen) atoms. The molecule has 0 fully saturated rings. The SMILES string of the molecule is CCOc1ccc(C(=O)NC(=S)Nc2nc(-c3ccc(Br)cc3)cs2)cc1[N+](=O)[O-]. The number of carbonyl (C=O) groups is 1. The zero-order chi connectivity index (χ0) is 21.7. The van der Waals surface area contributed by atoms with Crippen molar-refractivity contribution in [3.63, 3.8) is 0 Å². The molecule has 0 atom stereocenters. The minimum Gasteiger partial charge on any atom is -0.487 e. The minimum absolute atomic E-state index is 0.0354. The molecule has 0 bridgehead atoms. The van der Waals surface area contributed by atoms with Crippen LogP contribution in [-0.4, -0.2) is 27.5 Å². The number of hydrogen-bond donors (Lipinski definition) is 2. The van der Waals surface area contributed by atoms with Gasteiger partial charge in [-0.2, -0.15) is 0 Å². The maximum absolute atomic E-state index is 12.4. The van der Waals surface area contributed by atoms with E-state index in [1.807, 2.05) is 29.6 Å². The van der Waals surface area contributed by atoms with Gasteiger partial charge in [-0.25, -0.2) is 4.98 Å². The molecule has 0 aliphatic carbocycles. The number of nitro groups is 1. The number of thiazole rings is 1. The van der Waals surface area contributed by atoms with Crippen molar-refractivity contribution < 1.29 is 14.5 Å². The summed E-state index contributed by atoms with van der Waals surface area (Å²) >= 11 is 9.89. The molecule has 0 aliphatic heterocycles. The minimum atomic E-state index is -0.600. The fourth-order valence-electron chi connectivity index (χ4n) is 2.47. The Morgan fingerprint density at radius 2 is 2.03 bits per heavy atom. The van der Waals surface area contributed by atoms with Crippen LogP contribution in [0.15, 0.2) is 52.3 Å². The fraction of sp³-hybridized carbons (Fsp3) is 0.105. The Labute approximate surface area is 189 Å². The highest BCUT2D eigenvalue weighted by Crippen LogP contribution is 2.28. The maximum atomic E-state index is 12.4. The van der Waals surface area contributed by atoms with Gasteiger partial charge >= 0.3 is 5.69 Å². The Kier molecular flexibility index (Phi) is 7.08. The lowest BCUT2D eigenvalue weighted by Crippen LogP contribution is -2.34. The monoisotopic (exact) mass is 506 g/mol. The van der Waals surface area contributed by atoms with Crippen LogP contribution in [0.2, 0.25) is 0 Å². The van der Waals surface area contributed by atoms with E-state index in [9.17, 15) is 14.9 Å². The number of anilines is 1. The van der Waals surface area contributed by atoms with Crippen molar-refractivity contribution in [1.82, 2.24) is 10.3 Å². The van der Waals surface area contributed by atoms with Crippen LogP contribution in [-0.2, 0) is 0 Å². The summed E-state index contributed by atoms with van der Waals surface area (Å²) < 4.78 is 6.19. The average Bonchev–Trinajstić information content (AvgIpc) is 3.17. The van der Waals surface area contributed by atoms with Gasteiger partial charge in [0, 0.05) is 27.0 Å². The van der Waals surface area contributed by atoms with E-state index in [1.54, 1.807) is 6.92 Å². The predicted molar refractivity (Wildman–Crippen MR) is 123 cm³/mol. The van der Waals surface area contributed by atoms with Gasteiger partial charge < -0.3 is 10.1 Å². The molecule has 0 spiro atoms. The predicted octanol–water partition coefficient (Wildman–Crippen LogP) is 5.01. The second kappa shape index (κ2) is 9.74. The first-order valence-corrected chi connectivity index (χ1v) is 10.7. The summed E-state index contributed by atoms with van der Waals surface area (Å²) in [5.74, 6) is -0.480. The molecule has 1 aromatic heterocycles. The van der Waals surface area contributed by atoms with Crippen LogP contribution in [0, 0.1) is 10.1 Å². The van der Waals surface area contributed by atoms with Crippen molar-refractivity contribution in [2.45, 2.75) is 6.92 Å². The molecule has 0 aliphatic rings. The molecule has 1 amide bonds. The van der Waals surface area contributed by atoms with Gasteiger partial charge in [-0.15, -0.1) is 11.3 Å². The first-order chi connectivity index (χ1) is 14.4. The second-order valence-electron chi connectivity index (χ2n) is 5.83. The number of nitrogens with one attached hydrogen (secondary N) is 2. The zero-order valence-corrected chi connectivity index (χ0v) is 18.8. The molecule has 0 saturated heterocycles. The molecular weight excluding hydrogens is 492 g/mol. The van der Waals surface area contributed by atoms with E-state index in [-0.39, 0.29) is 28.7 Å². The largest absolute Gasteiger partial charge is 0.487 e. The molecule has 8 nitrogen and oxygen atoms in total. The Balaban J connectivity index is 1.66. The van der Waals surface area contributed by atoms with Gasteiger partial charge in [-0.1, -0.05) is 28.1 Å². The van der Waals surface area contributed by atoms with E-state index in [4.69, 9.17) is 17.0 Å². The molecule has 0 saturated carbocycles. The zero-order valence-electron chi connectivity index (χ0n) is 15.5. The summed E-state index contributed by atoms with van der Waals surface area (Å²) in [6.45, 7) is 1.99. The van der Waals surface area contributed by atoms with Gasteiger partial charge in [0.05, 0.1) is 17.2 Å². The lowest BCUT2D eigenvalue weighted by atomic mass is 10.1. The molecular formula is C19H15BrN4O4S2. The lowest BCUT2D eigenvalue weighted by Gasteiger charge is -2.09. The van der Waals surface area contributed by atoms with Crippen molar-refractivity contribution in [2.75, 3.05) is 11.9 Å². The number of nitrogens with zero attached hydrogens (tertiary/aromatic N) is 2. The lowest BCUT2D eigenvalue weighted by molar-refractivity contribution is -0.385. The third-order valence-corrected chi connectivity index (χ3v) is 5.30. The number of rotatable bonds is 6. The number of amides is 1. The number of hydrogen-bond acceptors (Lipinski definition) is 7. The average molecular weight is 507 g/mol. The van der Waals surface area contributed by atoms with E-state index in [0.717, 1.165) is 21.8 Å². The quantitative estimate of drug-likeness (QED) is 0.275. The summed E-state index contributed by atoms with van der Waals surface area (Å²) in [4.78, 5) is 27.5. The topological polar surface area (TPSA) is 106 Å². The summed E-state index contributed by atoms with van der Waals surface area (Å²) in [7, 11) is 0. The standard InChI is InChI=1S/C19H15BrN4O4S2/c1-2-28-16-8-5-12(9-15(16)24(26)27)17(25)22-18(29)23-19-21-14(10-30-19)11-3-6-13(20)7-4-11/h3-10H,2H2,1H3,(H2,21,22,23,25,29). The molecule has 1 heterocycles. The van der Waals surface area contributed by atoms with Crippen LogP contribution in [0.5, 0.6) is 5.75 Å². The van der Waals surface area contributed by atoms with Crippen molar-refractivity contribution in [1.29, 1.82) is 0 Å². The van der Waals surface area contributed by atoms with Crippen molar-refractivity contribution in [2.24, 2.45) is 0 Å². The van der Waals surface area contributed by atoms with Gasteiger partial charge in [-0.3, -0.25) is 20.2 Å². The molecule has 11 heteroatoms. The van der Waals surface area contributed by atoms with Gasteiger partial charge in [0.15, 0.2) is 16.0 Å². The number of aromatic nitrogens is 1. The summed E-state index contributed by atoms with van der Waals surface area (Å²) in [6.07, 6.45) is 0. The van der Waals surface area contributed by atoms with Crippen molar-refractivity contribution in [3.05, 3.63) is 68.0 Å². The Hall–Kier alpha value is -2.89. The number of nitro benzene ring substituents is 1. The van der Waals surface area contributed by atoms with Crippen LogP contribution in [0.4, 0.5) is 10.8 Å². The molecule has 154 valence electrons. The van der Waals surface area contributed by atoms with Crippen molar-refractivity contribution >= 4 is 61.3 Å². The summed E-state index contributed by atoms with van der Waals surface area (Å²) in [6, 6.07) is 11.7. The highest BCUT2D eigenvalue weighted by molar-refractivity contribution is 9.10. The van der Waals surface area contributed by atoms with Crippen LogP contribution in [0.25, 0.3) is 11.3 Å². The Morgan fingerprint density at radius 1 is 1.30 bits per heavy atom. The Morgan fingerprint density at radius 3 is 2.70 bits per heavy atom. The van der Waals surface area contributed by atoms with Crippen LogP contribution < -0.4 is 15.4 Å². The number of ether oxygens (including phenoxy) is 1.